The summed E-state index contributed by atoms with van der Waals surface area (Å²) in [7, 11) is 0. The molecule has 0 spiro atoms. The highest BCUT2D eigenvalue weighted by molar-refractivity contribution is 6.66. The average Bonchev–Trinajstić information content (AvgIpc) is 2.91. The molecule has 2 aromatic carbocycles. The van der Waals surface area contributed by atoms with Gasteiger partial charge in [0, 0.05) is 49.1 Å². The van der Waals surface area contributed by atoms with Crippen LogP contribution in [0.25, 0.3) is 0 Å². The first-order valence-electron chi connectivity index (χ1n) is 12.1. The van der Waals surface area contributed by atoms with Gasteiger partial charge in [0.05, 0.1) is 18.9 Å². The molecule has 1 N–H and O–H groups in total. The van der Waals surface area contributed by atoms with Crippen molar-refractivity contribution in [3.63, 3.8) is 0 Å². The Bertz CT molecular complexity index is 1170. The molecule has 0 radical (unpaired) electrons. The maximum Gasteiger partial charge on any atom is 0.320 e. The molecule has 1 amide bonds. The maximum absolute atomic E-state index is 12.1. The number of carbonyl (C=O) groups excluding carboxylic acids is 2. The Morgan fingerprint density at radius 3 is 2.33 bits per heavy atom. The van der Waals surface area contributed by atoms with Crippen LogP contribution in [-0.2, 0) is 20.9 Å². The molecule has 1 fully saturated rings. The number of benzene rings is 2. The van der Waals surface area contributed by atoms with Gasteiger partial charge in [-0.3, -0.25) is 14.5 Å². The topological polar surface area (TPSA) is 83.4 Å². The predicted molar refractivity (Wildman–Crippen MR) is 142 cm³/mol. The molecule has 2 heterocycles. The second kappa shape index (κ2) is 13.2. The largest absolute Gasteiger partial charge is 0.379 e. The van der Waals surface area contributed by atoms with Crippen LogP contribution < -0.4 is 5.32 Å². The van der Waals surface area contributed by atoms with Gasteiger partial charge in [-0.25, -0.2) is 4.99 Å². The van der Waals surface area contributed by atoms with Crippen molar-refractivity contribution in [3.8, 4) is 11.8 Å². The minimum absolute atomic E-state index is 0.184. The van der Waals surface area contributed by atoms with Crippen LogP contribution in [0.2, 0.25) is 0 Å². The van der Waals surface area contributed by atoms with Crippen LogP contribution in [0.15, 0.2) is 58.5 Å². The number of morpholine rings is 1. The summed E-state index contributed by atoms with van der Waals surface area (Å²) in [6, 6.07) is 16.1. The fraction of sp³-hybridized carbons (Fsp3) is 0.357. The molecular formula is C28H29ClN4O3. The number of ether oxygens (including phenoxy) is 1. The fourth-order valence-corrected chi connectivity index (χ4v) is 4.17. The SMILES string of the molecule is O=C1N=CN=C(CC(NCCCCl)c2ccc(C#Cc3ccc(CN4CCOCC4)cc3)cc2)C1=O. The fourth-order valence-electron chi connectivity index (χ4n) is 4.04. The van der Waals surface area contributed by atoms with Crippen LogP contribution in [0.4, 0.5) is 0 Å². The van der Waals surface area contributed by atoms with Gasteiger partial charge in [0.1, 0.15) is 6.34 Å². The second-order valence-electron chi connectivity index (χ2n) is 8.67. The Kier molecular flexibility index (Phi) is 9.54. The highest BCUT2D eigenvalue weighted by Crippen LogP contribution is 2.20. The van der Waals surface area contributed by atoms with Crippen molar-refractivity contribution in [1.29, 1.82) is 0 Å². The molecule has 0 saturated carbocycles. The van der Waals surface area contributed by atoms with Crippen LogP contribution in [0.3, 0.4) is 0 Å². The third kappa shape index (κ3) is 7.42. The van der Waals surface area contributed by atoms with Crippen molar-refractivity contribution in [3.05, 3.63) is 70.8 Å². The van der Waals surface area contributed by atoms with Crippen LogP contribution in [0.5, 0.6) is 0 Å². The van der Waals surface area contributed by atoms with Gasteiger partial charge in [0.25, 0.3) is 5.78 Å². The van der Waals surface area contributed by atoms with Crippen LogP contribution in [0.1, 0.15) is 41.1 Å². The number of rotatable bonds is 9. The van der Waals surface area contributed by atoms with E-state index in [4.69, 9.17) is 16.3 Å². The summed E-state index contributed by atoms with van der Waals surface area (Å²) < 4.78 is 5.41. The van der Waals surface area contributed by atoms with E-state index < -0.39 is 11.7 Å². The minimum atomic E-state index is -0.778. The molecule has 0 aliphatic carbocycles. The van der Waals surface area contributed by atoms with E-state index in [-0.39, 0.29) is 11.8 Å². The van der Waals surface area contributed by atoms with Crippen molar-refractivity contribution in [1.82, 2.24) is 10.2 Å². The monoisotopic (exact) mass is 504 g/mol. The summed E-state index contributed by atoms with van der Waals surface area (Å²) in [6.07, 6.45) is 2.22. The zero-order valence-corrected chi connectivity index (χ0v) is 20.8. The van der Waals surface area contributed by atoms with E-state index in [1.165, 1.54) is 5.56 Å². The number of Topliss-reactive ketones (excluding diaryl/α,β-unsaturated/α-hetero) is 1. The first-order chi connectivity index (χ1) is 17.6. The molecule has 7 nitrogen and oxygen atoms in total. The molecular weight excluding hydrogens is 476 g/mol. The lowest BCUT2D eigenvalue weighted by Crippen LogP contribution is -2.35. The smallest absolute Gasteiger partial charge is 0.320 e. The number of amides is 1. The third-order valence-corrected chi connectivity index (χ3v) is 6.34. The zero-order valence-electron chi connectivity index (χ0n) is 20.1. The van der Waals surface area contributed by atoms with Crippen LogP contribution in [-0.4, -0.2) is 67.4 Å². The van der Waals surface area contributed by atoms with Gasteiger partial charge < -0.3 is 10.1 Å². The Labute approximate surface area is 216 Å². The number of hydrogen-bond acceptors (Lipinski definition) is 6. The summed E-state index contributed by atoms with van der Waals surface area (Å²) in [5.41, 5.74) is 4.32. The van der Waals surface area contributed by atoms with Crippen molar-refractivity contribution in [2.45, 2.75) is 25.4 Å². The Morgan fingerprint density at radius 2 is 1.67 bits per heavy atom. The van der Waals surface area contributed by atoms with E-state index >= 15 is 0 Å². The second-order valence-corrected chi connectivity index (χ2v) is 9.04. The maximum atomic E-state index is 12.1. The summed E-state index contributed by atoms with van der Waals surface area (Å²) in [5, 5.41) is 3.41. The lowest BCUT2D eigenvalue weighted by molar-refractivity contribution is -0.132. The molecule has 2 aliphatic heterocycles. The average molecular weight is 505 g/mol. The van der Waals surface area contributed by atoms with E-state index in [1.807, 2.05) is 24.3 Å². The van der Waals surface area contributed by atoms with Crippen molar-refractivity contribution >= 4 is 35.3 Å². The third-order valence-electron chi connectivity index (χ3n) is 6.07. The number of nitrogens with one attached hydrogen (secondary N) is 1. The Balaban J connectivity index is 1.40. The van der Waals surface area contributed by atoms with Gasteiger partial charge in [-0.05, 0) is 48.4 Å². The van der Waals surface area contributed by atoms with E-state index in [1.54, 1.807) is 0 Å². The standard InChI is InChI=1S/C28H29ClN4O3/c29-12-1-13-30-25(18-26-27(34)28(35)32-20-31-26)24-10-8-22(9-11-24)3-2-21-4-6-23(7-5-21)19-33-14-16-36-17-15-33/h4-11,20,25,30H,1,12-19H2. The number of hydrogen-bond donors (Lipinski definition) is 1. The molecule has 2 aromatic rings. The van der Waals surface area contributed by atoms with Crippen molar-refractivity contribution in [2.24, 2.45) is 9.98 Å². The molecule has 1 saturated heterocycles. The van der Waals surface area contributed by atoms with Crippen molar-refractivity contribution in [2.75, 3.05) is 38.7 Å². The molecule has 8 heteroatoms. The van der Waals surface area contributed by atoms with E-state index in [2.05, 4.69) is 56.3 Å². The highest BCUT2D eigenvalue weighted by atomic mass is 35.5. The molecule has 1 atom stereocenters. The first kappa shape index (κ1) is 25.9. The minimum Gasteiger partial charge on any atom is -0.379 e. The zero-order chi connectivity index (χ0) is 25.2. The molecule has 186 valence electrons. The Morgan fingerprint density at radius 1 is 1.00 bits per heavy atom. The number of nitrogens with zero attached hydrogens (tertiary/aromatic N) is 3. The predicted octanol–water partition coefficient (Wildman–Crippen LogP) is 3.15. The van der Waals surface area contributed by atoms with Gasteiger partial charge >= 0.3 is 5.91 Å². The van der Waals surface area contributed by atoms with Gasteiger partial charge in [0.15, 0.2) is 0 Å². The van der Waals surface area contributed by atoms with Gasteiger partial charge in [-0.1, -0.05) is 36.1 Å². The molecule has 4 rings (SSSR count). The lowest BCUT2D eigenvalue weighted by atomic mass is 9.97. The number of aliphatic imine (C=N–C) groups is 2. The van der Waals surface area contributed by atoms with Gasteiger partial charge in [0.2, 0.25) is 0 Å². The van der Waals surface area contributed by atoms with Gasteiger partial charge in [-0.2, -0.15) is 4.99 Å². The first-order valence-corrected chi connectivity index (χ1v) is 12.6. The number of alkyl halides is 1. The molecule has 36 heavy (non-hydrogen) atoms. The molecule has 0 aromatic heterocycles. The number of carbonyl (C=O) groups is 2. The quantitative estimate of drug-likeness (QED) is 0.245. The van der Waals surface area contributed by atoms with Crippen LogP contribution >= 0.6 is 11.6 Å². The van der Waals surface area contributed by atoms with Crippen molar-refractivity contribution < 1.29 is 14.3 Å². The van der Waals surface area contributed by atoms with Crippen LogP contribution in [0, 0.1) is 11.8 Å². The molecule has 1 unspecified atom stereocenters. The molecule has 0 bridgehead atoms. The highest BCUT2D eigenvalue weighted by Gasteiger charge is 2.25. The Hall–Kier alpha value is -3.15. The lowest BCUT2D eigenvalue weighted by Gasteiger charge is -2.26. The summed E-state index contributed by atoms with van der Waals surface area (Å²) in [6.45, 7) is 5.15. The summed E-state index contributed by atoms with van der Waals surface area (Å²) >= 11 is 5.82. The molecule has 2 aliphatic rings. The summed E-state index contributed by atoms with van der Waals surface area (Å²) in [5.74, 6) is 5.55. The van der Waals surface area contributed by atoms with E-state index in [9.17, 15) is 9.59 Å². The number of ketones is 1. The number of halogens is 1. The summed E-state index contributed by atoms with van der Waals surface area (Å²) in [4.78, 5) is 33.7. The van der Waals surface area contributed by atoms with E-state index in [0.717, 1.165) is 62.3 Å². The normalized spacial score (nSPS) is 16.9. The van der Waals surface area contributed by atoms with E-state index in [0.29, 0.717) is 18.8 Å². The van der Waals surface area contributed by atoms with Gasteiger partial charge in [-0.15, -0.1) is 11.6 Å².